The third-order valence-corrected chi connectivity index (χ3v) is 1.97. The summed E-state index contributed by atoms with van der Waals surface area (Å²) in [6.07, 6.45) is 0. The van der Waals surface area contributed by atoms with Gasteiger partial charge in [-0.3, -0.25) is 4.79 Å². The van der Waals surface area contributed by atoms with Gasteiger partial charge < -0.3 is 0 Å². The molecule has 12 heavy (non-hydrogen) atoms. The molecule has 64 valence electrons. The van der Waals surface area contributed by atoms with Crippen molar-refractivity contribution in [3.63, 3.8) is 0 Å². The van der Waals surface area contributed by atoms with Gasteiger partial charge in [-0.25, -0.2) is 4.42 Å². The highest BCUT2D eigenvalue weighted by Gasteiger charge is 2.06. The Morgan fingerprint density at radius 2 is 1.83 bits per heavy atom. The van der Waals surface area contributed by atoms with Crippen LogP contribution in [0.15, 0.2) is 24.3 Å². The number of rotatable bonds is 1. The highest BCUT2D eigenvalue weighted by atomic mass is 35.5. The Morgan fingerprint density at radius 1 is 1.33 bits per heavy atom. The molecule has 0 heterocycles. The Labute approximate surface area is 76.9 Å². The highest BCUT2D eigenvalue weighted by Crippen LogP contribution is 2.16. The number of aryl methyl sites for hydroxylation is 1. The second kappa shape index (κ2) is 3.59. The van der Waals surface area contributed by atoms with Crippen molar-refractivity contribution in [2.45, 2.75) is 13.8 Å². The molecule has 0 unspecified atom stereocenters. The van der Waals surface area contributed by atoms with Gasteiger partial charge >= 0.3 is 0 Å². The van der Waals surface area contributed by atoms with Crippen molar-refractivity contribution in [2.75, 3.05) is 4.42 Å². The van der Waals surface area contributed by atoms with Crippen LogP contribution in [-0.4, -0.2) is 5.91 Å². The van der Waals surface area contributed by atoms with Gasteiger partial charge in [0.1, 0.15) is 0 Å². The summed E-state index contributed by atoms with van der Waals surface area (Å²) in [5.74, 6) is -0.180. The van der Waals surface area contributed by atoms with E-state index in [2.05, 4.69) is 0 Å². The summed E-state index contributed by atoms with van der Waals surface area (Å²) in [6, 6.07) is 7.44. The van der Waals surface area contributed by atoms with Gasteiger partial charge in [0.15, 0.2) is 0 Å². The third-order valence-electron chi connectivity index (χ3n) is 1.54. The van der Waals surface area contributed by atoms with Crippen LogP contribution in [0.5, 0.6) is 0 Å². The maximum Gasteiger partial charge on any atom is 0.238 e. The largest absolute Gasteiger partial charge is 0.274 e. The molecule has 2 nitrogen and oxygen atoms in total. The monoisotopic (exact) mass is 183 g/mol. The van der Waals surface area contributed by atoms with Gasteiger partial charge in [0.05, 0.1) is 5.69 Å². The summed E-state index contributed by atoms with van der Waals surface area (Å²) < 4.78 is 1.10. The Kier molecular flexibility index (Phi) is 2.71. The summed E-state index contributed by atoms with van der Waals surface area (Å²) in [5, 5.41) is 0. The molecule has 0 atom stereocenters. The normalized spacial score (nSPS) is 9.58. The Hall–Kier alpha value is -1.02. The molecule has 0 saturated heterocycles. The van der Waals surface area contributed by atoms with E-state index in [1.807, 2.05) is 31.2 Å². The van der Waals surface area contributed by atoms with Crippen molar-refractivity contribution >= 4 is 23.4 Å². The zero-order valence-corrected chi connectivity index (χ0v) is 7.80. The number of nitrogens with zero attached hydrogens (tertiary/aromatic N) is 1. The van der Waals surface area contributed by atoms with Crippen LogP contribution in [0.4, 0.5) is 5.69 Å². The standard InChI is InChI=1S/C9H10ClNO/c1-7-3-5-9(6-4-7)11(10)8(2)12/h3-6H,1-2H3. The zero-order valence-electron chi connectivity index (χ0n) is 7.04. The predicted molar refractivity (Wildman–Crippen MR) is 50.2 cm³/mol. The van der Waals surface area contributed by atoms with Crippen LogP contribution in [0.2, 0.25) is 0 Å². The summed E-state index contributed by atoms with van der Waals surface area (Å²) in [6.45, 7) is 3.41. The molecule has 0 aliphatic heterocycles. The summed E-state index contributed by atoms with van der Waals surface area (Å²) in [7, 11) is 0. The van der Waals surface area contributed by atoms with Gasteiger partial charge in [0, 0.05) is 18.7 Å². The minimum Gasteiger partial charge on any atom is -0.274 e. The molecule has 0 aliphatic rings. The molecule has 1 aromatic rings. The molecule has 1 aromatic carbocycles. The summed E-state index contributed by atoms with van der Waals surface area (Å²) in [5.41, 5.74) is 1.85. The van der Waals surface area contributed by atoms with Crippen LogP contribution >= 0.6 is 11.8 Å². The molecule has 0 saturated carbocycles. The maximum atomic E-state index is 10.8. The fraction of sp³-hybridized carbons (Fsp3) is 0.222. The van der Waals surface area contributed by atoms with Crippen molar-refractivity contribution in [3.8, 4) is 0 Å². The van der Waals surface area contributed by atoms with Crippen LogP contribution in [0.1, 0.15) is 12.5 Å². The van der Waals surface area contributed by atoms with Gasteiger partial charge in [-0.05, 0) is 19.1 Å². The van der Waals surface area contributed by atoms with E-state index in [-0.39, 0.29) is 5.91 Å². The SMILES string of the molecule is CC(=O)N(Cl)c1ccc(C)cc1. The van der Waals surface area contributed by atoms with E-state index in [4.69, 9.17) is 11.8 Å². The number of halogens is 1. The van der Waals surface area contributed by atoms with Crippen LogP contribution < -0.4 is 4.42 Å². The highest BCUT2D eigenvalue weighted by molar-refractivity contribution is 6.36. The van der Waals surface area contributed by atoms with E-state index in [0.29, 0.717) is 5.69 Å². The van der Waals surface area contributed by atoms with Crippen LogP contribution in [-0.2, 0) is 4.79 Å². The number of hydrogen-bond donors (Lipinski definition) is 0. The number of carbonyl (C=O) groups excluding carboxylic acids is 1. The van der Waals surface area contributed by atoms with E-state index in [1.165, 1.54) is 6.92 Å². The van der Waals surface area contributed by atoms with Crippen molar-refractivity contribution in [3.05, 3.63) is 29.8 Å². The Balaban J connectivity index is 2.89. The van der Waals surface area contributed by atoms with Crippen molar-refractivity contribution < 1.29 is 4.79 Å². The maximum absolute atomic E-state index is 10.8. The first-order chi connectivity index (χ1) is 5.61. The molecule has 0 aliphatic carbocycles. The van der Waals surface area contributed by atoms with E-state index >= 15 is 0 Å². The minimum atomic E-state index is -0.180. The second-order valence-electron chi connectivity index (χ2n) is 2.64. The molecule has 0 spiro atoms. The second-order valence-corrected chi connectivity index (χ2v) is 2.97. The first kappa shape index (κ1) is 9.07. The smallest absolute Gasteiger partial charge is 0.238 e. The lowest BCUT2D eigenvalue weighted by Crippen LogP contribution is -2.16. The number of hydrogen-bond acceptors (Lipinski definition) is 1. The number of carbonyl (C=O) groups is 1. The van der Waals surface area contributed by atoms with Gasteiger partial charge in [-0.15, -0.1) is 0 Å². The first-order valence-electron chi connectivity index (χ1n) is 3.64. The van der Waals surface area contributed by atoms with Crippen molar-refractivity contribution in [2.24, 2.45) is 0 Å². The van der Waals surface area contributed by atoms with Crippen molar-refractivity contribution in [1.82, 2.24) is 0 Å². The Bertz CT molecular complexity index is 281. The van der Waals surface area contributed by atoms with Crippen molar-refractivity contribution in [1.29, 1.82) is 0 Å². The number of amides is 1. The lowest BCUT2D eigenvalue weighted by molar-refractivity contribution is -0.115. The first-order valence-corrected chi connectivity index (χ1v) is 3.98. The predicted octanol–water partition coefficient (Wildman–Crippen LogP) is 2.50. The molecule has 1 amide bonds. The molecule has 0 fully saturated rings. The number of benzene rings is 1. The summed E-state index contributed by atoms with van der Waals surface area (Å²) >= 11 is 5.68. The molecule has 0 aromatic heterocycles. The summed E-state index contributed by atoms with van der Waals surface area (Å²) in [4.78, 5) is 10.8. The molecule has 1 rings (SSSR count). The molecule has 0 radical (unpaired) electrons. The molecule has 0 N–H and O–H groups in total. The average Bonchev–Trinajstić information content (AvgIpc) is 2.04. The van der Waals surface area contributed by atoms with Crippen LogP contribution in [0, 0.1) is 6.92 Å². The van der Waals surface area contributed by atoms with Crippen LogP contribution in [0.3, 0.4) is 0 Å². The third kappa shape index (κ3) is 1.98. The molecular formula is C9H10ClNO. The molecule has 0 bridgehead atoms. The van der Waals surface area contributed by atoms with E-state index < -0.39 is 0 Å². The topological polar surface area (TPSA) is 20.3 Å². The van der Waals surface area contributed by atoms with E-state index in [1.54, 1.807) is 0 Å². The average molecular weight is 184 g/mol. The molecule has 3 heteroatoms. The number of anilines is 1. The fourth-order valence-corrected chi connectivity index (χ4v) is 0.970. The fourth-order valence-electron chi connectivity index (χ4n) is 0.857. The lowest BCUT2D eigenvalue weighted by atomic mass is 10.2. The van der Waals surface area contributed by atoms with Gasteiger partial charge in [-0.2, -0.15) is 0 Å². The van der Waals surface area contributed by atoms with E-state index in [9.17, 15) is 4.79 Å². The zero-order chi connectivity index (χ0) is 9.14. The van der Waals surface area contributed by atoms with Crippen LogP contribution in [0.25, 0.3) is 0 Å². The molecular weight excluding hydrogens is 174 g/mol. The lowest BCUT2D eigenvalue weighted by Gasteiger charge is -2.10. The van der Waals surface area contributed by atoms with Gasteiger partial charge in [-0.1, -0.05) is 17.7 Å². The van der Waals surface area contributed by atoms with E-state index in [0.717, 1.165) is 9.98 Å². The quantitative estimate of drug-likeness (QED) is 0.613. The van der Waals surface area contributed by atoms with Gasteiger partial charge in [0.25, 0.3) is 0 Å². The Morgan fingerprint density at radius 3 is 2.25 bits per heavy atom. The minimum absolute atomic E-state index is 0.180. The van der Waals surface area contributed by atoms with Gasteiger partial charge in [0.2, 0.25) is 5.91 Å².